The zero-order valence-corrected chi connectivity index (χ0v) is 10.6. The molecule has 2 N–H and O–H groups in total. The van der Waals surface area contributed by atoms with Crippen molar-refractivity contribution in [1.29, 1.82) is 10.5 Å². The summed E-state index contributed by atoms with van der Waals surface area (Å²) in [7, 11) is 0. The van der Waals surface area contributed by atoms with Crippen molar-refractivity contribution in [3.63, 3.8) is 0 Å². The third-order valence-corrected chi connectivity index (χ3v) is 2.50. The van der Waals surface area contributed by atoms with Crippen molar-refractivity contribution in [3.05, 3.63) is 39.1 Å². The standard InChI is InChI=1S/C11H6IN3O2/c12-8-1-2-10(9(3-8)11(16)17)15-6-7(4-13)5-14/h1-3,6,15H,(H,16,17). The van der Waals surface area contributed by atoms with Crippen molar-refractivity contribution in [2.75, 3.05) is 5.32 Å². The minimum absolute atomic E-state index is 0.0865. The van der Waals surface area contributed by atoms with E-state index in [0.717, 1.165) is 3.57 Å². The van der Waals surface area contributed by atoms with E-state index in [-0.39, 0.29) is 11.1 Å². The monoisotopic (exact) mass is 339 g/mol. The summed E-state index contributed by atoms with van der Waals surface area (Å²) in [6.07, 6.45) is 1.18. The number of nitrogens with zero attached hydrogens (tertiary/aromatic N) is 2. The van der Waals surface area contributed by atoms with Crippen molar-refractivity contribution in [3.8, 4) is 12.1 Å². The molecular formula is C11H6IN3O2. The lowest BCUT2D eigenvalue weighted by molar-refractivity contribution is 0.0698. The van der Waals surface area contributed by atoms with Crippen molar-refractivity contribution in [1.82, 2.24) is 0 Å². The number of anilines is 1. The molecule has 0 bridgehead atoms. The molecule has 17 heavy (non-hydrogen) atoms. The number of benzene rings is 1. The molecule has 0 radical (unpaired) electrons. The Labute approximate surface area is 111 Å². The molecule has 0 atom stereocenters. The van der Waals surface area contributed by atoms with Crippen LogP contribution in [0.2, 0.25) is 0 Å². The van der Waals surface area contributed by atoms with Gasteiger partial charge in [-0.15, -0.1) is 0 Å². The number of carboxylic acids is 1. The predicted molar refractivity (Wildman–Crippen MR) is 69.1 cm³/mol. The van der Waals surface area contributed by atoms with Crippen LogP contribution in [-0.4, -0.2) is 11.1 Å². The second-order valence-electron chi connectivity index (χ2n) is 2.92. The van der Waals surface area contributed by atoms with Gasteiger partial charge < -0.3 is 10.4 Å². The van der Waals surface area contributed by atoms with Gasteiger partial charge in [-0.25, -0.2) is 4.79 Å². The highest BCUT2D eigenvalue weighted by molar-refractivity contribution is 14.1. The first-order valence-electron chi connectivity index (χ1n) is 4.38. The lowest BCUT2D eigenvalue weighted by Gasteiger charge is -2.05. The molecular weight excluding hydrogens is 333 g/mol. The van der Waals surface area contributed by atoms with Gasteiger partial charge in [0.1, 0.15) is 17.7 Å². The van der Waals surface area contributed by atoms with Crippen LogP contribution in [0, 0.1) is 26.2 Å². The molecule has 1 aromatic carbocycles. The number of halogens is 1. The number of allylic oxidation sites excluding steroid dienone is 1. The third kappa shape index (κ3) is 3.47. The number of aromatic carboxylic acids is 1. The van der Waals surface area contributed by atoms with Crippen molar-refractivity contribution in [2.45, 2.75) is 0 Å². The zero-order chi connectivity index (χ0) is 12.8. The van der Waals surface area contributed by atoms with Gasteiger partial charge in [-0.1, -0.05) is 0 Å². The second kappa shape index (κ2) is 5.87. The summed E-state index contributed by atoms with van der Waals surface area (Å²) in [6.45, 7) is 0. The Morgan fingerprint density at radius 1 is 1.41 bits per heavy atom. The van der Waals surface area contributed by atoms with Gasteiger partial charge >= 0.3 is 5.97 Å². The van der Waals surface area contributed by atoms with E-state index in [1.54, 1.807) is 24.3 Å². The molecule has 0 saturated heterocycles. The Bertz CT molecular complexity index is 551. The predicted octanol–water partition coefficient (Wildman–Crippen LogP) is 2.33. The number of nitrogens with one attached hydrogen (secondary N) is 1. The van der Waals surface area contributed by atoms with Crippen LogP contribution >= 0.6 is 22.6 Å². The van der Waals surface area contributed by atoms with Crippen LogP contribution in [-0.2, 0) is 0 Å². The molecule has 1 rings (SSSR count). The SMILES string of the molecule is N#CC(C#N)=CNc1ccc(I)cc1C(=O)O. The van der Waals surface area contributed by atoms with Gasteiger partial charge in [0.25, 0.3) is 0 Å². The van der Waals surface area contributed by atoms with Crippen LogP contribution in [0.15, 0.2) is 30.0 Å². The number of hydrogen-bond donors (Lipinski definition) is 2. The first kappa shape index (κ1) is 13.0. The Morgan fingerprint density at radius 2 is 2.06 bits per heavy atom. The van der Waals surface area contributed by atoms with Crippen LogP contribution in [0.5, 0.6) is 0 Å². The second-order valence-corrected chi connectivity index (χ2v) is 4.17. The maximum absolute atomic E-state index is 11.0. The van der Waals surface area contributed by atoms with E-state index in [1.807, 2.05) is 22.6 Å². The van der Waals surface area contributed by atoms with Crippen LogP contribution in [0.25, 0.3) is 0 Å². The van der Waals surface area contributed by atoms with Gasteiger partial charge in [-0.2, -0.15) is 10.5 Å². The fourth-order valence-electron chi connectivity index (χ4n) is 1.06. The van der Waals surface area contributed by atoms with Crippen molar-refractivity contribution >= 4 is 34.2 Å². The van der Waals surface area contributed by atoms with Crippen LogP contribution in [0.3, 0.4) is 0 Å². The first-order valence-corrected chi connectivity index (χ1v) is 5.46. The Hall–Kier alpha value is -2.06. The number of rotatable bonds is 3. The fourth-order valence-corrected chi connectivity index (χ4v) is 1.55. The van der Waals surface area contributed by atoms with Crippen molar-refractivity contribution in [2.24, 2.45) is 0 Å². The van der Waals surface area contributed by atoms with E-state index < -0.39 is 5.97 Å². The Morgan fingerprint density at radius 3 is 2.59 bits per heavy atom. The first-order chi connectivity index (χ1) is 8.08. The van der Waals surface area contributed by atoms with Gasteiger partial charge in [0.15, 0.2) is 0 Å². The smallest absolute Gasteiger partial charge is 0.337 e. The number of carbonyl (C=O) groups is 1. The normalized spacial score (nSPS) is 8.65. The van der Waals surface area contributed by atoms with E-state index in [9.17, 15) is 4.79 Å². The Balaban J connectivity index is 3.09. The van der Waals surface area contributed by atoms with Crippen LogP contribution in [0.4, 0.5) is 5.69 Å². The summed E-state index contributed by atoms with van der Waals surface area (Å²) in [5.41, 5.74) is 0.296. The molecule has 0 spiro atoms. The largest absolute Gasteiger partial charge is 0.478 e. The van der Waals surface area contributed by atoms with Gasteiger partial charge in [0, 0.05) is 9.77 Å². The third-order valence-electron chi connectivity index (χ3n) is 1.82. The molecule has 0 aliphatic heterocycles. The lowest BCUT2D eigenvalue weighted by atomic mass is 10.2. The quantitative estimate of drug-likeness (QED) is 0.651. The maximum atomic E-state index is 11.0. The summed E-state index contributed by atoms with van der Waals surface area (Å²) in [5.74, 6) is -1.07. The summed E-state index contributed by atoms with van der Waals surface area (Å²) in [4.78, 5) is 11.0. The zero-order valence-electron chi connectivity index (χ0n) is 8.44. The summed E-state index contributed by atoms with van der Waals surface area (Å²) in [6, 6.07) is 8.14. The molecule has 0 aromatic heterocycles. The minimum Gasteiger partial charge on any atom is -0.478 e. The van der Waals surface area contributed by atoms with E-state index >= 15 is 0 Å². The average molecular weight is 339 g/mol. The fraction of sp³-hybridized carbons (Fsp3) is 0. The molecule has 84 valence electrons. The van der Waals surface area contributed by atoms with Gasteiger partial charge in [-0.3, -0.25) is 0 Å². The van der Waals surface area contributed by atoms with Gasteiger partial charge in [0.2, 0.25) is 0 Å². The highest BCUT2D eigenvalue weighted by Crippen LogP contribution is 2.19. The summed E-state index contributed by atoms with van der Waals surface area (Å²) in [5, 5.41) is 28.7. The molecule has 0 unspecified atom stereocenters. The molecule has 0 amide bonds. The maximum Gasteiger partial charge on any atom is 0.337 e. The highest BCUT2D eigenvalue weighted by Gasteiger charge is 2.09. The highest BCUT2D eigenvalue weighted by atomic mass is 127. The summed E-state index contributed by atoms with van der Waals surface area (Å²) >= 11 is 2.00. The van der Waals surface area contributed by atoms with Crippen LogP contribution < -0.4 is 5.32 Å². The molecule has 0 aliphatic carbocycles. The topological polar surface area (TPSA) is 96.9 Å². The van der Waals surface area contributed by atoms with E-state index in [1.165, 1.54) is 12.3 Å². The average Bonchev–Trinajstić information content (AvgIpc) is 2.31. The molecule has 5 nitrogen and oxygen atoms in total. The summed E-state index contributed by atoms with van der Waals surface area (Å²) < 4.78 is 0.787. The molecule has 0 aliphatic rings. The van der Waals surface area contributed by atoms with E-state index in [0.29, 0.717) is 5.69 Å². The van der Waals surface area contributed by atoms with Gasteiger partial charge in [0.05, 0.1) is 11.3 Å². The lowest BCUT2D eigenvalue weighted by Crippen LogP contribution is -2.03. The van der Waals surface area contributed by atoms with Gasteiger partial charge in [-0.05, 0) is 40.8 Å². The Kier molecular flexibility index (Phi) is 4.49. The van der Waals surface area contributed by atoms with E-state index in [4.69, 9.17) is 15.6 Å². The van der Waals surface area contributed by atoms with Crippen molar-refractivity contribution < 1.29 is 9.90 Å². The number of nitriles is 2. The molecule has 0 fully saturated rings. The molecule has 1 aromatic rings. The minimum atomic E-state index is -1.07. The number of carboxylic acid groups (broad SMARTS) is 1. The molecule has 6 heteroatoms. The molecule has 0 saturated carbocycles. The van der Waals surface area contributed by atoms with E-state index in [2.05, 4.69) is 5.32 Å². The molecule has 0 heterocycles. The van der Waals surface area contributed by atoms with Crippen LogP contribution in [0.1, 0.15) is 10.4 Å². The number of hydrogen-bond acceptors (Lipinski definition) is 4.